The maximum Gasteiger partial charge on any atom is 0.409 e. The van der Waals surface area contributed by atoms with Crippen molar-refractivity contribution in [2.24, 2.45) is 43.8 Å². The van der Waals surface area contributed by atoms with Crippen LogP contribution in [0.3, 0.4) is 0 Å². The molecule has 1 saturated carbocycles. The summed E-state index contributed by atoms with van der Waals surface area (Å²) in [5.74, 6) is 1.96. The maximum atomic E-state index is 13.2. The number of aliphatic hydroxyl groups excluding tert-OH is 4. The number of carbonyl (C=O) groups is 5. The number of amides is 3. The minimum atomic E-state index is -1.67. The number of carbonyl (C=O) groups excluding carboxylic acids is 3. The van der Waals surface area contributed by atoms with Gasteiger partial charge in [-0.05, 0) is 37.8 Å². The zero-order chi connectivity index (χ0) is 60.9. The smallest absolute Gasteiger partial charge is 0.409 e. The van der Waals surface area contributed by atoms with Crippen LogP contribution in [-0.2, 0) is 71.3 Å². The molecule has 0 radical (unpaired) electrons. The Bertz CT molecular complexity index is 2170. The largest absolute Gasteiger partial charge is 0.479 e. The third kappa shape index (κ3) is 28.0. The molecule has 34 nitrogen and oxygen atoms in total. The molecule has 2 heterocycles. The first-order valence-corrected chi connectivity index (χ1v) is 26.5. The van der Waals surface area contributed by atoms with E-state index in [1.54, 1.807) is 0 Å². The standard InChI is InChI=1S/C49H82N12O22/c1-2-11-73-16-17-76-18-19-77-20-21-78-22-23-79-49(72)61(10-15-75-13-4-8-56-38(67)29-81-42(34(65)27-63)44-40(60-54)32(59-48(52)53)25-36(83-44)46(70)71)9-14-74-12-3-7-55-37(66)28-80-41(33(64)26-62)43-39(57-30-5-6-30)31(58-47(50)51)24-35(82-43)45(68)69/h1,24-25,31-34,39-44,60,62-65H,3-23,26-29,54H2,(H,55,66)(H,56,67)(H,68,69)(H,70,71)(H4,50,51,58)(H4,52,53,59)/t31-,32-,33+,34+,39+,40+,41+,42+,43+,44+/m0/s1. The molecule has 0 aromatic heterocycles. The number of aliphatic imine (C=N–C) groups is 3. The highest BCUT2D eigenvalue weighted by Crippen LogP contribution is 2.31. The second kappa shape index (κ2) is 40.6. The molecule has 3 amide bonds. The molecule has 3 aliphatic rings. The lowest BCUT2D eigenvalue weighted by Crippen LogP contribution is -2.61. The van der Waals surface area contributed by atoms with Crippen LogP contribution in [0.1, 0.15) is 25.7 Å². The molecule has 3 rings (SSSR count). The van der Waals surface area contributed by atoms with Crippen LogP contribution in [-0.4, -0.2) is 282 Å². The fraction of sp³-hybridized carbons (Fsp3) is 0.714. The first-order chi connectivity index (χ1) is 39.9. The van der Waals surface area contributed by atoms with E-state index < -0.39 is 135 Å². The summed E-state index contributed by atoms with van der Waals surface area (Å²) in [7, 11) is 0. The van der Waals surface area contributed by atoms with Gasteiger partial charge in [0.1, 0.15) is 69.0 Å². The highest BCUT2D eigenvalue weighted by atomic mass is 16.6. The monoisotopic (exact) mass is 1190 g/mol. The van der Waals surface area contributed by atoms with Gasteiger partial charge < -0.3 is 121 Å². The van der Waals surface area contributed by atoms with Crippen molar-refractivity contribution in [2.45, 2.75) is 86.5 Å². The topological polar surface area (TPSA) is 515 Å². The van der Waals surface area contributed by atoms with E-state index in [2.05, 4.69) is 37.0 Å². The molecule has 0 unspecified atom stereocenters. The predicted molar refractivity (Wildman–Crippen MR) is 290 cm³/mol. The number of hydrogen-bond donors (Lipinski definition) is 14. The van der Waals surface area contributed by atoms with Gasteiger partial charge in [0.15, 0.2) is 18.0 Å². The fourth-order valence-corrected chi connectivity index (χ4v) is 7.73. The quantitative estimate of drug-likeness (QED) is 0.00673. The molecule has 1 aliphatic carbocycles. The third-order valence-electron chi connectivity index (χ3n) is 11.8. The Hall–Kier alpha value is -6.56. The van der Waals surface area contributed by atoms with Crippen LogP contribution in [0.15, 0.2) is 38.6 Å². The summed E-state index contributed by atoms with van der Waals surface area (Å²) in [6.07, 6.45) is -0.293. The van der Waals surface area contributed by atoms with Gasteiger partial charge in [-0.3, -0.25) is 25.8 Å². The van der Waals surface area contributed by atoms with E-state index in [0.717, 1.165) is 11.8 Å². The highest BCUT2D eigenvalue weighted by Gasteiger charge is 2.46. The Labute approximate surface area is 478 Å². The molecule has 0 saturated heterocycles. The normalized spacial score (nSPS) is 20.5. The number of aliphatic hydroxyl groups is 4. The molecular formula is C49H82N12O22. The molecule has 0 bridgehead atoms. The summed E-state index contributed by atoms with van der Waals surface area (Å²) in [4.78, 5) is 76.6. The number of hydrazine groups is 1. The number of hydrogen-bond acceptors (Lipinski definition) is 25. The van der Waals surface area contributed by atoms with Crippen LogP contribution >= 0.6 is 0 Å². The van der Waals surface area contributed by atoms with Crippen LogP contribution < -0.4 is 44.8 Å². The SMILES string of the molecule is C#CCOCCOCCOCCOCCOC(=O)N(CCOCCCNC(=O)CO[C@@H]([C@@H]1OC(C(=O)O)=C[C@H](N=C(N)N)[C@H]1N=C1CC1)[C@H](O)CO)CCOCCCNC(=O)CO[C@@H]([C@@H]1OC(C(=O)O)=C[C@H](N=C(N)N)[C@H]1NN)[C@H](O)CO. The van der Waals surface area contributed by atoms with Crippen molar-refractivity contribution in [3.8, 4) is 12.3 Å². The number of rotatable bonds is 45. The summed E-state index contributed by atoms with van der Waals surface area (Å²) in [6.45, 7) is -0.0857. The number of nitrogens with two attached hydrogens (primary N) is 5. The zero-order valence-electron chi connectivity index (χ0n) is 46.1. The van der Waals surface area contributed by atoms with Gasteiger partial charge >= 0.3 is 18.0 Å². The highest BCUT2D eigenvalue weighted by molar-refractivity contribution is 5.98. The van der Waals surface area contributed by atoms with E-state index in [1.165, 1.54) is 11.0 Å². The number of ether oxygens (including phenoxy) is 11. The van der Waals surface area contributed by atoms with Crippen molar-refractivity contribution in [1.82, 2.24) is 21.0 Å². The van der Waals surface area contributed by atoms with Gasteiger partial charge in [0, 0.05) is 45.1 Å². The van der Waals surface area contributed by atoms with Crippen molar-refractivity contribution < 1.29 is 107 Å². The van der Waals surface area contributed by atoms with Crippen molar-refractivity contribution in [3.05, 3.63) is 23.7 Å². The average Bonchev–Trinajstić information content (AvgIpc) is 4.42. The lowest BCUT2D eigenvalue weighted by molar-refractivity contribution is -0.157. The summed E-state index contributed by atoms with van der Waals surface area (Å²) < 4.78 is 60.9. The van der Waals surface area contributed by atoms with E-state index in [0.29, 0.717) is 52.1 Å². The number of guanidine groups is 2. The molecule has 2 aliphatic heterocycles. The number of carboxylic acids is 2. The molecule has 0 spiro atoms. The molecule has 83 heavy (non-hydrogen) atoms. The molecule has 470 valence electrons. The van der Waals surface area contributed by atoms with Crippen LogP contribution in [0, 0.1) is 12.3 Å². The molecule has 0 aromatic carbocycles. The molecule has 19 N–H and O–H groups in total. The van der Waals surface area contributed by atoms with Gasteiger partial charge in [-0.25, -0.2) is 24.4 Å². The lowest BCUT2D eigenvalue weighted by atomic mass is 9.92. The number of aliphatic carboxylic acids is 2. The van der Waals surface area contributed by atoms with E-state index in [-0.39, 0.29) is 91.6 Å². The Morgan fingerprint density at radius 3 is 1.57 bits per heavy atom. The van der Waals surface area contributed by atoms with E-state index in [1.807, 2.05) is 0 Å². The number of terminal acetylenes is 1. The van der Waals surface area contributed by atoms with Gasteiger partial charge in [0.05, 0.1) is 84.8 Å². The van der Waals surface area contributed by atoms with Crippen LogP contribution in [0.5, 0.6) is 0 Å². The van der Waals surface area contributed by atoms with Gasteiger partial charge in [0.2, 0.25) is 23.3 Å². The van der Waals surface area contributed by atoms with Gasteiger partial charge in [0.25, 0.3) is 0 Å². The number of carboxylic acid groups (broad SMARTS) is 2. The molecule has 0 aromatic rings. The second-order valence-electron chi connectivity index (χ2n) is 18.2. The maximum absolute atomic E-state index is 13.2. The van der Waals surface area contributed by atoms with E-state index in [9.17, 15) is 54.6 Å². The molecular weight excluding hydrogens is 1110 g/mol. The summed E-state index contributed by atoms with van der Waals surface area (Å²) >= 11 is 0. The second-order valence-corrected chi connectivity index (χ2v) is 18.2. The van der Waals surface area contributed by atoms with Crippen molar-refractivity contribution in [1.29, 1.82) is 0 Å². The van der Waals surface area contributed by atoms with Crippen LogP contribution in [0.2, 0.25) is 0 Å². The average molecular weight is 1190 g/mol. The minimum absolute atomic E-state index is 0.0497. The first kappa shape index (κ1) is 70.7. The van der Waals surface area contributed by atoms with Crippen LogP contribution in [0.4, 0.5) is 4.79 Å². The third-order valence-corrected chi connectivity index (χ3v) is 11.8. The van der Waals surface area contributed by atoms with Gasteiger partial charge in [-0.2, -0.15) is 0 Å². The number of nitrogens with zero attached hydrogens (tertiary/aromatic N) is 4. The fourth-order valence-electron chi connectivity index (χ4n) is 7.73. The van der Waals surface area contributed by atoms with E-state index in [4.69, 9.17) is 87.3 Å². The Balaban J connectivity index is 1.46. The van der Waals surface area contributed by atoms with Gasteiger partial charge in [-0.1, -0.05) is 5.92 Å². The lowest BCUT2D eigenvalue weighted by Gasteiger charge is -2.39. The van der Waals surface area contributed by atoms with Crippen LogP contribution in [0.25, 0.3) is 0 Å². The first-order valence-electron chi connectivity index (χ1n) is 26.5. The molecule has 10 atom stereocenters. The Morgan fingerprint density at radius 2 is 1.11 bits per heavy atom. The zero-order valence-corrected chi connectivity index (χ0v) is 46.1. The molecule has 1 fully saturated rings. The summed E-state index contributed by atoms with van der Waals surface area (Å²) in [6, 6.07) is -4.16. The van der Waals surface area contributed by atoms with E-state index >= 15 is 0 Å². The summed E-state index contributed by atoms with van der Waals surface area (Å²) in [5, 5.41) is 65.6. The summed E-state index contributed by atoms with van der Waals surface area (Å²) in [5.41, 5.74) is 25.4. The van der Waals surface area contributed by atoms with Crippen molar-refractivity contribution in [3.63, 3.8) is 0 Å². The van der Waals surface area contributed by atoms with Crippen molar-refractivity contribution in [2.75, 3.05) is 138 Å². The predicted octanol–water partition coefficient (Wildman–Crippen LogP) is -6.90. The molecule has 34 heteroatoms. The van der Waals surface area contributed by atoms with Gasteiger partial charge in [-0.15, -0.1) is 6.42 Å². The van der Waals surface area contributed by atoms with Crippen molar-refractivity contribution >= 4 is 47.5 Å². The number of nitrogens with one attached hydrogen (secondary N) is 3. The Kier molecular flexibility index (Phi) is 34.6. The Morgan fingerprint density at radius 1 is 0.663 bits per heavy atom. The minimum Gasteiger partial charge on any atom is -0.479 e.